The van der Waals surface area contributed by atoms with Crippen molar-refractivity contribution in [3.05, 3.63) is 28.9 Å². The van der Waals surface area contributed by atoms with Crippen molar-refractivity contribution in [1.29, 1.82) is 5.26 Å². The van der Waals surface area contributed by atoms with E-state index in [9.17, 15) is 0 Å². The summed E-state index contributed by atoms with van der Waals surface area (Å²) in [5.74, 6) is 2.35. The zero-order valence-electron chi connectivity index (χ0n) is 11.4. The molecule has 0 unspecified atom stereocenters. The van der Waals surface area contributed by atoms with Crippen molar-refractivity contribution in [2.45, 2.75) is 32.1 Å². The van der Waals surface area contributed by atoms with E-state index in [2.05, 4.69) is 28.3 Å². The molecule has 0 spiro atoms. The maximum Gasteiger partial charge on any atom is 0.134 e. The van der Waals surface area contributed by atoms with Gasteiger partial charge >= 0.3 is 0 Å². The SMILES string of the molecule is CCCNc1cc(-c2ccc(C#N)s2)nc(C2CC2)n1. The van der Waals surface area contributed by atoms with Crippen molar-refractivity contribution in [3.8, 4) is 16.6 Å². The van der Waals surface area contributed by atoms with Crippen LogP contribution in [0.4, 0.5) is 5.82 Å². The predicted molar refractivity (Wildman–Crippen MR) is 80.8 cm³/mol. The van der Waals surface area contributed by atoms with E-state index in [1.165, 1.54) is 24.2 Å². The van der Waals surface area contributed by atoms with Crippen LogP contribution in [0.3, 0.4) is 0 Å². The zero-order chi connectivity index (χ0) is 13.9. The molecule has 0 bridgehead atoms. The first-order valence-electron chi connectivity index (χ1n) is 6.93. The number of aromatic nitrogens is 2. The van der Waals surface area contributed by atoms with Crippen LogP contribution in [0, 0.1) is 11.3 Å². The molecule has 1 saturated carbocycles. The highest BCUT2D eigenvalue weighted by molar-refractivity contribution is 7.15. The zero-order valence-corrected chi connectivity index (χ0v) is 12.2. The van der Waals surface area contributed by atoms with Crippen molar-refractivity contribution < 1.29 is 0 Å². The average molecular weight is 284 g/mol. The van der Waals surface area contributed by atoms with Gasteiger partial charge in [0.1, 0.15) is 22.6 Å². The van der Waals surface area contributed by atoms with E-state index in [-0.39, 0.29) is 0 Å². The van der Waals surface area contributed by atoms with Crippen LogP contribution >= 0.6 is 11.3 Å². The lowest BCUT2D eigenvalue weighted by atomic mass is 10.3. The van der Waals surface area contributed by atoms with E-state index < -0.39 is 0 Å². The monoisotopic (exact) mass is 284 g/mol. The lowest BCUT2D eigenvalue weighted by molar-refractivity contribution is 0.912. The van der Waals surface area contributed by atoms with Crippen LogP contribution in [0.2, 0.25) is 0 Å². The van der Waals surface area contributed by atoms with E-state index in [0.29, 0.717) is 5.92 Å². The number of rotatable bonds is 5. The summed E-state index contributed by atoms with van der Waals surface area (Å²) in [7, 11) is 0. The first-order chi connectivity index (χ1) is 9.80. The van der Waals surface area contributed by atoms with Crippen molar-refractivity contribution in [1.82, 2.24) is 9.97 Å². The summed E-state index contributed by atoms with van der Waals surface area (Å²) >= 11 is 1.48. The molecular formula is C15H16N4S. The summed E-state index contributed by atoms with van der Waals surface area (Å²) in [5, 5.41) is 12.3. The van der Waals surface area contributed by atoms with Gasteiger partial charge in [-0.15, -0.1) is 11.3 Å². The van der Waals surface area contributed by atoms with Crippen LogP contribution in [0.15, 0.2) is 18.2 Å². The molecule has 2 aromatic heterocycles. The van der Waals surface area contributed by atoms with E-state index in [4.69, 9.17) is 5.26 Å². The second-order valence-electron chi connectivity index (χ2n) is 4.97. The molecule has 1 fully saturated rings. The molecule has 20 heavy (non-hydrogen) atoms. The van der Waals surface area contributed by atoms with Gasteiger partial charge in [0.2, 0.25) is 0 Å². The summed E-state index contributed by atoms with van der Waals surface area (Å²) in [5.41, 5.74) is 0.923. The molecule has 0 amide bonds. The topological polar surface area (TPSA) is 61.6 Å². The fraction of sp³-hybridized carbons (Fsp3) is 0.400. The second-order valence-corrected chi connectivity index (χ2v) is 6.06. The molecule has 1 N–H and O–H groups in total. The number of nitrogens with zero attached hydrogens (tertiary/aromatic N) is 3. The van der Waals surface area contributed by atoms with Crippen LogP contribution in [-0.4, -0.2) is 16.5 Å². The number of hydrogen-bond donors (Lipinski definition) is 1. The summed E-state index contributed by atoms with van der Waals surface area (Å²) in [4.78, 5) is 11.0. The molecule has 1 aliphatic rings. The highest BCUT2D eigenvalue weighted by atomic mass is 32.1. The highest BCUT2D eigenvalue weighted by Crippen LogP contribution is 2.39. The van der Waals surface area contributed by atoms with Crippen LogP contribution in [0.1, 0.15) is 42.8 Å². The van der Waals surface area contributed by atoms with Gasteiger partial charge in [-0.2, -0.15) is 5.26 Å². The Balaban J connectivity index is 1.96. The molecule has 3 rings (SSSR count). The minimum Gasteiger partial charge on any atom is -0.370 e. The third kappa shape index (κ3) is 2.81. The fourth-order valence-corrected chi connectivity index (χ4v) is 2.76. The summed E-state index contributed by atoms with van der Waals surface area (Å²) in [6.45, 7) is 3.05. The Labute approximate surface area is 122 Å². The standard InChI is InChI=1S/C15H16N4S/c1-2-7-17-14-8-12(13-6-5-11(9-16)20-13)18-15(19-14)10-3-4-10/h5-6,8,10H,2-4,7H2,1H3,(H,17,18,19). The van der Waals surface area contributed by atoms with Crippen LogP contribution in [0.5, 0.6) is 0 Å². The van der Waals surface area contributed by atoms with Gasteiger partial charge < -0.3 is 5.32 Å². The lowest BCUT2D eigenvalue weighted by Gasteiger charge is -2.08. The molecule has 4 nitrogen and oxygen atoms in total. The van der Waals surface area contributed by atoms with Crippen molar-refractivity contribution >= 4 is 17.2 Å². The van der Waals surface area contributed by atoms with Gasteiger partial charge in [0.15, 0.2) is 0 Å². The molecule has 1 aliphatic carbocycles. The molecule has 102 valence electrons. The average Bonchev–Trinajstić information content (AvgIpc) is 3.22. The van der Waals surface area contributed by atoms with Crippen molar-refractivity contribution in [3.63, 3.8) is 0 Å². The molecule has 0 aromatic carbocycles. The number of nitriles is 1. The van der Waals surface area contributed by atoms with Gasteiger partial charge in [-0.05, 0) is 31.4 Å². The molecule has 0 atom stereocenters. The van der Waals surface area contributed by atoms with Crippen molar-refractivity contribution in [2.75, 3.05) is 11.9 Å². The maximum absolute atomic E-state index is 8.94. The summed E-state index contributed by atoms with van der Waals surface area (Å²) in [6, 6.07) is 7.97. The Morgan fingerprint density at radius 1 is 1.40 bits per heavy atom. The van der Waals surface area contributed by atoms with E-state index >= 15 is 0 Å². The van der Waals surface area contributed by atoms with Crippen LogP contribution < -0.4 is 5.32 Å². The molecule has 0 aliphatic heterocycles. The van der Waals surface area contributed by atoms with Crippen molar-refractivity contribution in [2.24, 2.45) is 0 Å². The maximum atomic E-state index is 8.94. The van der Waals surface area contributed by atoms with Gasteiger partial charge in [-0.1, -0.05) is 6.92 Å². The molecular weight excluding hydrogens is 268 g/mol. The van der Waals surface area contributed by atoms with Crippen LogP contribution in [0.25, 0.3) is 10.6 Å². The first-order valence-corrected chi connectivity index (χ1v) is 7.75. The highest BCUT2D eigenvalue weighted by Gasteiger charge is 2.27. The third-order valence-corrected chi connectivity index (χ3v) is 4.22. The molecule has 5 heteroatoms. The predicted octanol–water partition coefficient (Wildman–Crippen LogP) is 3.78. The third-order valence-electron chi connectivity index (χ3n) is 3.21. The lowest BCUT2D eigenvalue weighted by Crippen LogP contribution is -2.05. The molecule has 2 aromatic rings. The number of anilines is 1. The minimum atomic E-state index is 0.521. The quantitative estimate of drug-likeness (QED) is 0.907. The van der Waals surface area contributed by atoms with E-state index in [1.807, 2.05) is 18.2 Å². The van der Waals surface area contributed by atoms with Gasteiger partial charge in [0.25, 0.3) is 0 Å². The van der Waals surface area contributed by atoms with Gasteiger partial charge in [-0.3, -0.25) is 0 Å². The van der Waals surface area contributed by atoms with E-state index in [0.717, 1.165) is 40.1 Å². The Bertz CT molecular complexity index is 652. The first kappa shape index (κ1) is 13.1. The Kier molecular flexibility index (Phi) is 3.66. The fourth-order valence-electron chi connectivity index (χ4n) is 2.00. The molecule has 2 heterocycles. The normalized spacial score (nSPS) is 14.0. The molecule has 0 radical (unpaired) electrons. The van der Waals surface area contributed by atoms with E-state index in [1.54, 1.807) is 0 Å². The Morgan fingerprint density at radius 2 is 2.25 bits per heavy atom. The van der Waals surface area contributed by atoms with Gasteiger partial charge in [-0.25, -0.2) is 9.97 Å². The van der Waals surface area contributed by atoms with Crippen LogP contribution in [-0.2, 0) is 0 Å². The number of nitrogens with one attached hydrogen (secondary N) is 1. The second kappa shape index (κ2) is 5.59. The Hall–Kier alpha value is -1.93. The summed E-state index contributed by atoms with van der Waals surface area (Å²) in [6.07, 6.45) is 3.44. The number of hydrogen-bond acceptors (Lipinski definition) is 5. The Morgan fingerprint density at radius 3 is 2.90 bits per heavy atom. The van der Waals surface area contributed by atoms with Gasteiger partial charge in [0, 0.05) is 18.5 Å². The molecule has 0 saturated heterocycles. The minimum absolute atomic E-state index is 0.521. The number of thiophene rings is 1. The largest absolute Gasteiger partial charge is 0.370 e. The van der Waals surface area contributed by atoms with Gasteiger partial charge in [0.05, 0.1) is 10.6 Å². The summed E-state index contributed by atoms with van der Waals surface area (Å²) < 4.78 is 0. The smallest absolute Gasteiger partial charge is 0.134 e.